The molecule has 20 heavy (non-hydrogen) atoms. The molecule has 0 aliphatic carbocycles. The molecule has 117 valence electrons. The van der Waals surface area contributed by atoms with Gasteiger partial charge in [0, 0.05) is 26.5 Å². The van der Waals surface area contributed by atoms with E-state index in [1.807, 2.05) is 64.1 Å². The maximum Gasteiger partial charge on any atom is 0.120 e. The Labute approximate surface area is 139 Å². The first-order chi connectivity index (χ1) is 9.17. The Morgan fingerprint density at radius 1 is 1.30 bits per heavy atom. The maximum atomic E-state index is 5.59. The number of ether oxygens (including phenoxy) is 1. The Morgan fingerprint density at radius 3 is 2.30 bits per heavy atom. The van der Waals surface area contributed by atoms with Crippen LogP contribution in [0.1, 0.15) is 55.0 Å². The van der Waals surface area contributed by atoms with Gasteiger partial charge >= 0.3 is 0 Å². The number of hydrogen-bond donors (Lipinski definition) is 1. The van der Waals surface area contributed by atoms with Crippen LogP contribution in [-0.2, 0) is 18.6 Å². The summed E-state index contributed by atoms with van der Waals surface area (Å²) in [5.41, 5.74) is 6.63. The van der Waals surface area contributed by atoms with Crippen LogP contribution in [0, 0.1) is 0 Å². The summed E-state index contributed by atoms with van der Waals surface area (Å²) in [6, 6.07) is 7.97. The number of benzene rings is 1. The monoisotopic (exact) mass is 318 g/mol. The molecule has 0 aliphatic heterocycles. The van der Waals surface area contributed by atoms with Gasteiger partial charge in [-0.2, -0.15) is 0 Å². The first-order valence-corrected chi connectivity index (χ1v) is 7.27. The predicted molar refractivity (Wildman–Crippen MR) is 89.7 cm³/mol. The van der Waals surface area contributed by atoms with Crippen LogP contribution in [0.4, 0.5) is 0 Å². The van der Waals surface area contributed by atoms with Crippen LogP contribution in [-0.4, -0.2) is 12.6 Å². The molecule has 0 saturated carbocycles. The van der Waals surface area contributed by atoms with Crippen LogP contribution in [0.5, 0.6) is 5.75 Å². The Kier molecular flexibility index (Phi) is 22.3. The summed E-state index contributed by atoms with van der Waals surface area (Å²) >= 11 is 0. The number of nitrogens with two attached hydrogens (primary N) is 1. The SMILES string of the molecule is C/C=C/c1cccc(O[C@@H](C)CN)c1.CC.CCC.[HH].[V]. The fourth-order valence-corrected chi connectivity index (χ4v) is 1.16. The molecular formula is C17H33NOV. The van der Waals surface area contributed by atoms with Gasteiger partial charge in [0.2, 0.25) is 0 Å². The topological polar surface area (TPSA) is 35.2 Å². The molecule has 1 aromatic carbocycles. The summed E-state index contributed by atoms with van der Waals surface area (Å²) in [7, 11) is 0. The van der Waals surface area contributed by atoms with E-state index in [4.69, 9.17) is 10.5 Å². The second-order valence-electron chi connectivity index (χ2n) is 3.94. The van der Waals surface area contributed by atoms with Crippen molar-refractivity contribution in [3.05, 3.63) is 35.9 Å². The average molecular weight is 318 g/mol. The fourth-order valence-electron chi connectivity index (χ4n) is 1.16. The first-order valence-electron chi connectivity index (χ1n) is 7.27. The van der Waals surface area contributed by atoms with Gasteiger partial charge in [-0.05, 0) is 31.5 Å². The van der Waals surface area contributed by atoms with E-state index in [0.717, 1.165) is 11.3 Å². The summed E-state index contributed by atoms with van der Waals surface area (Å²) in [4.78, 5) is 0. The van der Waals surface area contributed by atoms with Gasteiger partial charge in [-0.1, -0.05) is 58.4 Å². The molecule has 0 saturated heterocycles. The molecule has 2 N–H and O–H groups in total. The minimum absolute atomic E-state index is 0. The number of rotatable bonds is 4. The quantitative estimate of drug-likeness (QED) is 0.835. The number of allylic oxidation sites excluding steroid dienone is 1. The van der Waals surface area contributed by atoms with E-state index in [-0.39, 0.29) is 26.1 Å². The largest absolute Gasteiger partial charge is 0.489 e. The summed E-state index contributed by atoms with van der Waals surface area (Å²) < 4.78 is 5.59. The normalized spacial score (nSPS) is 10.3. The van der Waals surface area contributed by atoms with Crippen molar-refractivity contribution >= 4 is 6.08 Å². The molecule has 1 aromatic rings. The van der Waals surface area contributed by atoms with E-state index in [2.05, 4.69) is 13.8 Å². The fraction of sp³-hybridized carbons (Fsp3) is 0.529. The Bertz CT molecular complexity index is 332. The van der Waals surface area contributed by atoms with Crippen LogP contribution < -0.4 is 10.5 Å². The molecule has 0 aliphatic rings. The van der Waals surface area contributed by atoms with Gasteiger partial charge < -0.3 is 10.5 Å². The molecule has 1 radical (unpaired) electrons. The summed E-state index contributed by atoms with van der Waals surface area (Å²) in [5.74, 6) is 0.874. The van der Waals surface area contributed by atoms with Crippen molar-refractivity contribution in [1.29, 1.82) is 0 Å². The van der Waals surface area contributed by atoms with Crippen molar-refractivity contribution in [3.8, 4) is 5.75 Å². The third-order valence-corrected chi connectivity index (χ3v) is 1.89. The van der Waals surface area contributed by atoms with Gasteiger partial charge in [-0.25, -0.2) is 0 Å². The summed E-state index contributed by atoms with van der Waals surface area (Å²) in [5, 5.41) is 0. The second kappa shape index (κ2) is 18.3. The van der Waals surface area contributed by atoms with Gasteiger partial charge in [-0.15, -0.1) is 0 Å². The van der Waals surface area contributed by atoms with E-state index in [1.165, 1.54) is 6.42 Å². The Balaban J connectivity index is -0.000000184. The van der Waals surface area contributed by atoms with Gasteiger partial charge in [0.1, 0.15) is 11.9 Å². The zero-order chi connectivity index (χ0) is 15.1. The Hall–Kier alpha value is -0.696. The maximum absolute atomic E-state index is 5.59. The van der Waals surface area contributed by atoms with Crippen molar-refractivity contribution in [2.45, 2.75) is 54.1 Å². The summed E-state index contributed by atoms with van der Waals surface area (Å²) in [6.07, 6.45) is 5.36. The van der Waals surface area contributed by atoms with Gasteiger partial charge in [0.25, 0.3) is 0 Å². The van der Waals surface area contributed by atoms with Gasteiger partial charge in [-0.3, -0.25) is 0 Å². The zero-order valence-electron chi connectivity index (χ0n) is 13.9. The van der Waals surface area contributed by atoms with Gasteiger partial charge in [0.15, 0.2) is 0 Å². The second-order valence-corrected chi connectivity index (χ2v) is 3.94. The van der Waals surface area contributed by atoms with E-state index in [1.54, 1.807) is 0 Å². The van der Waals surface area contributed by atoms with Crippen molar-refractivity contribution in [2.75, 3.05) is 6.54 Å². The van der Waals surface area contributed by atoms with Crippen molar-refractivity contribution < 1.29 is 24.7 Å². The molecule has 1 rings (SSSR count). The molecule has 1 atom stereocenters. The van der Waals surface area contributed by atoms with Crippen LogP contribution >= 0.6 is 0 Å². The van der Waals surface area contributed by atoms with Crippen LogP contribution in [0.25, 0.3) is 6.08 Å². The van der Waals surface area contributed by atoms with E-state index >= 15 is 0 Å². The van der Waals surface area contributed by atoms with Crippen molar-refractivity contribution in [1.82, 2.24) is 0 Å². The molecule has 2 nitrogen and oxygen atoms in total. The van der Waals surface area contributed by atoms with E-state index in [9.17, 15) is 0 Å². The van der Waals surface area contributed by atoms with Crippen LogP contribution in [0.15, 0.2) is 30.3 Å². The van der Waals surface area contributed by atoms with Gasteiger partial charge in [0.05, 0.1) is 0 Å². The molecular weight excluding hydrogens is 285 g/mol. The minimum Gasteiger partial charge on any atom is -0.489 e. The van der Waals surface area contributed by atoms with Crippen LogP contribution in [0.2, 0.25) is 0 Å². The molecule has 0 bridgehead atoms. The van der Waals surface area contributed by atoms with Crippen molar-refractivity contribution in [2.24, 2.45) is 5.73 Å². The first kappa shape index (κ1) is 24.3. The molecule has 0 amide bonds. The molecule has 0 aromatic heterocycles. The van der Waals surface area contributed by atoms with E-state index in [0.29, 0.717) is 6.54 Å². The smallest absolute Gasteiger partial charge is 0.120 e. The van der Waals surface area contributed by atoms with Crippen LogP contribution in [0.3, 0.4) is 0 Å². The van der Waals surface area contributed by atoms with E-state index < -0.39 is 0 Å². The minimum atomic E-state index is 0. The molecule has 0 fully saturated rings. The Morgan fingerprint density at radius 2 is 1.85 bits per heavy atom. The van der Waals surface area contributed by atoms with Crippen molar-refractivity contribution in [3.63, 3.8) is 0 Å². The molecule has 3 heteroatoms. The standard InChI is InChI=1S/C12H17NO.C3H8.C2H6.V.H2/c1-3-5-11-6-4-7-12(8-11)14-10(2)9-13;1-3-2;1-2;;/h3-8,10H,9,13H2,1-2H3;3H2,1-2H3;1-2H3;;1H/b5-3+;;;;/t10-;;;;/m0..../s1. The molecule has 0 spiro atoms. The predicted octanol–water partition coefficient (Wildman–Crippen LogP) is 5.13. The zero-order valence-corrected chi connectivity index (χ0v) is 15.3. The molecule has 0 heterocycles. The average Bonchev–Trinajstić information content (AvgIpc) is 2.42. The molecule has 0 unspecified atom stereocenters. The summed E-state index contributed by atoms with van der Waals surface area (Å²) in [6.45, 7) is 12.7. The third kappa shape index (κ3) is 13.7. The third-order valence-electron chi connectivity index (χ3n) is 1.89. The number of hydrogen-bond acceptors (Lipinski definition) is 2.